The fourth-order valence-electron chi connectivity index (χ4n) is 3.35. The van der Waals surface area contributed by atoms with E-state index in [9.17, 15) is 9.18 Å². The molecule has 2 N–H and O–H groups in total. The van der Waals surface area contributed by atoms with Crippen molar-refractivity contribution >= 4 is 28.4 Å². The van der Waals surface area contributed by atoms with E-state index >= 15 is 0 Å². The second-order valence-corrected chi connectivity index (χ2v) is 7.19. The second-order valence-electron chi connectivity index (χ2n) is 6.75. The lowest BCUT2D eigenvalue weighted by Crippen LogP contribution is -2.33. The molecule has 0 spiro atoms. The first-order chi connectivity index (χ1) is 12.1. The lowest BCUT2D eigenvalue weighted by Gasteiger charge is -2.16. The first-order valence-corrected chi connectivity index (χ1v) is 8.72. The lowest BCUT2D eigenvalue weighted by molar-refractivity contribution is -0.120. The molecule has 0 atom stereocenters. The van der Waals surface area contributed by atoms with Crippen molar-refractivity contribution in [3.63, 3.8) is 0 Å². The van der Waals surface area contributed by atoms with Crippen molar-refractivity contribution in [3.8, 4) is 0 Å². The number of rotatable bonds is 5. The second kappa shape index (κ2) is 6.19. The van der Waals surface area contributed by atoms with E-state index in [0.717, 1.165) is 29.3 Å². The largest absolute Gasteiger partial charge is 0.361 e. The Morgan fingerprint density at radius 3 is 2.68 bits per heavy atom. The van der Waals surface area contributed by atoms with Gasteiger partial charge in [-0.1, -0.05) is 29.8 Å². The molecule has 25 heavy (non-hydrogen) atoms. The van der Waals surface area contributed by atoms with Crippen molar-refractivity contribution < 1.29 is 9.18 Å². The molecule has 0 radical (unpaired) electrons. The maximum Gasteiger partial charge on any atom is 0.224 e. The quantitative estimate of drug-likeness (QED) is 0.701. The Morgan fingerprint density at radius 1 is 1.20 bits per heavy atom. The van der Waals surface area contributed by atoms with Crippen LogP contribution in [0, 0.1) is 5.82 Å². The molecule has 0 unspecified atom stereocenters. The third kappa shape index (κ3) is 3.27. The van der Waals surface area contributed by atoms with Gasteiger partial charge in [0.05, 0.1) is 6.42 Å². The average Bonchev–Trinajstić information content (AvgIpc) is 3.27. The van der Waals surface area contributed by atoms with Gasteiger partial charge in [0.15, 0.2) is 0 Å². The summed E-state index contributed by atoms with van der Waals surface area (Å²) in [6.07, 6.45) is 4.40. The van der Waals surface area contributed by atoms with Gasteiger partial charge in [0.2, 0.25) is 5.91 Å². The molecule has 3 aromatic rings. The Balaban J connectivity index is 1.44. The van der Waals surface area contributed by atoms with Gasteiger partial charge in [-0.15, -0.1) is 0 Å². The Morgan fingerprint density at radius 2 is 1.96 bits per heavy atom. The summed E-state index contributed by atoms with van der Waals surface area (Å²) in [7, 11) is 0. The van der Waals surface area contributed by atoms with Gasteiger partial charge < -0.3 is 10.3 Å². The molecular formula is C20H18ClFN2O. The molecule has 1 fully saturated rings. The molecule has 1 amide bonds. The minimum absolute atomic E-state index is 0.00450. The van der Waals surface area contributed by atoms with Gasteiger partial charge in [-0.2, -0.15) is 0 Å². The zero-order valence-electron chi connectivity index (χ0n) is 13.6. The van der Waals surface area contributed by atoms with Gasteiger partial charge >= 0.3 is 0 Å². The maximum atomic E-state index is 12.9. The third-order valence-electron chi connectivity index (χ3n) is 4.97. The number of carbonyl (C=O) groups is 1. The van der Waals surface area contributed by atoms with E-state index in [1.54, 1.807) is 12.1 Å². The summed E-state index contributed by atoms with van der Waals surface area (Å²) in [4.78, 5) is 15.5. The molecule has 1 aromatic heterocycles. The highest BCUT2D eigenvalue weighted by Gasteiger charge is 2.45. The Labute approximate surface area is 150 Å². The van der Waals surface area contributed by atoms with E-state index in [-0.39, 0.29) is 23.6 Å². The summed E-state index contributed by atoms with van der Waals surface area (Å²) in [5.74, 6) is -0.332. The van der Waals surface area contributed by atoms with Crippen LogP contribution in [0.25, 0.3) is 10.9 Å². The minimum Gasteiger partial charge on any atom is -0.361 e. The number of hydrogen-bond donors (Lipinski definition) is 2. The summed E-state index contributed by atoms with van der Waals surface area (Å²) >= 11 is 6.05. The molecule has 128 valence electrons. The van der Waals surface area contributed by atoms with E-state index in [2.05, 4.69) is 10.3 Å². The number of benzene rings is 2. The van der Waals surface area contributed by atoms with Gasteiger partial charge in [0.1, 0.15) is 5.82 Å². The lowest BCUT2D eigenvalue weighted by atomic mass is 9.95. The van der Waals surface area contributed by atoms with Crippen LogP contribution in [0.1, 0.15) is 24.0 Å². The number of aromatic amines is 1. The number of carbonyl (C=O) groups excluding carboxylic acids is 1. The van der Waals surface area contributed by atoms with Crippen LogP contribution in [0.5, 0.6) is 0 Å². The van der Waals surface area contributed by atoms with Crippen LogP contribution in [0.15, 0.2) is 48.7 Å². The summed E-state index contributed by atoms with van der Waals surface area (Å²) in [5.41, 5.74) is 3.07. The topological polar surface area (TPSA) is 44.9 Å². The molecule has 1 saturated carbocycles. The van der Waals surface area contributed by atoms with Crippen molar-refractivity contribution in [2.24, 2.45) is 0 Å². The molecule has 3 nitrogen and oxygen atoms in total. The van der Waals surface area contributed by atoms with Gasteiger partial charge in [0.25, 0.3) is 0 Å². The van der Waals surface area contributed by atoms with Crippen LogP contribution < -0.4 is 5.32 Å². The zero-order valence-corrected chi connectivity index (χ0v) is 14.4. The number of halogens is 2. The Hall–Kier alpha value is -2.33. The molecule has 0 aliphatic heterocycles. The van der Waals surface area contributed by atoms with E-state index in [4.69, 9.17) is 11.6 Å². The van der Waals surface area contributed by atoms with Gasteiger partial charge in [-0.05, 0) is 48.2 Å². The minimum atomic E-state index is -0.291. The Kier molecular flexibility index (Phi) is 4.00. The molecule has 2 aromatic carbocycles. The molecule has 0 bridgehead atoms. The molecular weight excluding hydrogens is 339 g/mol. The summed E-state index contributed by atoms with van der Waals surface area (Å²) in [5, 5.41) is 4.91. The molecule has 5 heteroatoms. The van der Waals surface area contributed by atoms with Gasteiger partial charge in [-0.3, -0.25) is 4.79 Å². The fourth-order valence-corrected chi connectivity index (χ4v) is 3.52. The zero-order chi connectivity index (χ0) is 17.4. The number of nitrogens with one attached hydrogen (secondary N) is 2. The summed E-state index contributed by atoms with van der Waals surface area (Å²) in [6.45, 7) is 0.614. The van der Waals surface area contributed by atoms with E-state index < -0.39 is 0 Å². The van der Waals surface area contributed by atoms with Crippen LogP contribution in [0.4, 0.5) is 4.39 Å². The highest BCUT2D eigenvalue weighted by atomic mass is 35.5. The predicted octanol–water partition coefficient (Wildman–Crippen LogP) is 4.35. The highest BCUT2D eigenvalue weighted by Crippen LogP contribution is 2.50. The van der Waals surface area contributed by atoms with Crippen LogP contribution in [0.3, 0.4) is 0 Å². The number of hydrogen-bond acceptors (Lipinski definition) is 1. The predicted molar refractivity (Wildman–Crippen MR) is 97.3 cm³/mol. The van der Waals surface area contributed by atoms with Crippen LogP contribution in [-0.4, -0.2) is 17.4 Å². The number of fused-ring (bicyclic) bond motifs is 1. The summed E-state index contributed by atoms with van der Waals surface area (Å²) in [6, 6.07) is 11.9. The molecule has 4 rings (SSSR count). The van der Waals surface area contributed by atoms with Crippen molar-refractivity contribution in [1.82, 2.24) is 10.3 Å². The van der Waals surface area contributed by atoms with Crippen molar-refractivity contribution in [2.45, 2.75) is 24.7 Å². The number of H-pyrrole nitrogens is 1. The molecule has 1 aliphatic rings. The molecule has 0 saturated heterocycles. The average molecular weight is 357 g/mol. The van der Waals surface area contributed by atoms with Crippen LogP contribution in [0.2, 0.25) is 5.02 Å². The number of aromatic nitrogens is 1. The number of amides is 1. The standard InChI is InChI=1S/C20H18ClFN2O/c21-14-3-6-16-17(11-23-18(16)10-14)20(7-8-20)12-24-19(25)9-13-1-4-15(22)5-2-13/h1-6,10-11,23H,7-9,12H2,(H,24,25). The van der Waals surface area contributed by atoms with Crippen LogP contribution in [-0.2, 0) is 16.6 Å². The van der Waals surface area contributed by atoms with E-state index in [1.807, 2.05) is 24.4 Å². The smallest absolute Gasteiger partial charge is 0.224 e. The SMILES string of the molecule is O=C(Cc1ccc(F)cc1)NCC1(c2c[nH]c3cc(Cl)ccc23)CC1. The summed E-state index contributed by atoms with van der Waals surface area (Å²) < 4.78 is 12.9. The van der Waals surface area contributed by atoms with Crippen molar-refractivity contribution in [3.05, 3.63) is 70.6 Å². The van der Waals surface area contributed by atoms with Gasteiger partial charge in [-0.25, -0.2) is 4.39 Å². The normalized spacial score (nSPS) is 15.3. The first-order valence-electron chi connectivity index (χ1n) is 8.34. The monoisotopic (exact) mass is 356 g/mol. The maximum absolute atomic E-state index is 12.9. The van der Waals surface area contributed by atoms with Gasteiger partial charge in [0, 0.05) is 34.1 Å². The fraction of sp³-hybridized carbons (Fsp3) is 0.250. The molecule has 1 aliphatic carbocycles. The highest BCUT2D eigenvalue weighted by molar-refractivity contribution is 6.31. The van der Waals surface area contributed by atoms with E-state index in [1.165, 1.54) is 17.7 Å². The van der Waals surface area contributed by atoms with Crippen molar-refractivity contribution in [2.75, 3.05) is 6.54 Å². The van der Waals surface area contributed by atoms with Crippen LogP contribution >= 0.6 is 11.6 Å². The molecule has 1 heterocycles. The Bertz CT molecular complexity index is 929. The van der Waals surface area contributed by atoms with E-state index in [0.29, 0.717) is 11.6 Å². The van der Waals surface area contributed by atoms with Crippen molar-refractivity contribution in [1.29, 1.82) is 0 Å². The first kappa shape index (κ1) is 16.2. The third-order valence-corrected chi connectivity index (χ3v) is 5.21.